The average molecular weight is 282 g/mol. The Balaban J connectivity index is 1.95. The highest BCUT2D eigenvalue weighted by atomic mass is 15.4. The minimum Gasteiger partial charge on any atom is -0.368 e. The first-order chi connectivity index (χ1) is 10.1. The zero-order valence-corrected chi connectivity index (χ0v) is 11.6. The predicted molar refractivity (Wildman–Crippen MR) is 78.4 cm³/mol. The van der Waals surface area contributed by atoms with Gasteiger partial charge in [-0.3, -0.25) is 0 Å². The molecule has 3 aromatic rings. The SMILES string of the molecule is Cc1cc(C)cc(Nc2nc(N)nc(-n3cncn3)n2)c1. The summed E-state index contributed by atoms with van der Waals surface area (Å²) in [5, 5.41) is 7.10. The molecule has 1 aromatic carbocycles. The first-order valence-electron chi connectivity index (χ1n) is 6.32. The molecule has 0 spiro atoms. The van der Waals surface area contributed by atoms with Crippen LogP contribution in [-0.4, -0.2) is 29.7 Å². The molecule has 0 unspecified atom stereocenters. The normalized spacial score (nSPS) is 10.6. The number of nitrogens with two attached hydrogens (primary N) is 1. The summed E-state index contributed by atoms with van der Waals surface area (Å²) in [5.74, 6) is 0.784. The summed E-state index contributed by atoms with van der Waals surface area (Å²) in [6.45, 7) is 4.06. The molecule has 8 nitrogen and oxygen atoms in total. The molecule has 0 fully saturated rings. The van der Waals surface area contributed by atoms with Crippen LogP contribution in [0.5, 0.6) is 0 Å². The van der Waals surface area contributed by atoms with E-state index >= 15 is 0 Å². The lowest BCUT2D eigenvalue weighted by Gasteiger charge is -2.08. The van der Waals surface area contributed by atoms with E-state index < -0.39 is 0 Å². The van der Waals surface area contributed by atoms with E-state index in [2.05, 4.69) is 36.4 Å². The summed E-state index contributed by atoms with van der Waals surface area (Å²) in [5.41, 5.74) is 8.90. The number of nitrogens with one attached hydrogen (secondary N) is 1. The van der Waals surface area contributed by atoms with E-state index in [1.807, 2.05) is 26.0 Å². The molecule has 0 bridgehead atoms. The third kappa shape index (κ3) is 2.94. The molecule has 3 N–H and O–H groups in total. The molecule has 0 aliphatic rings. The maximum Gasteiger partial charge on any atom is 0.258 e. The Kier molecular flexibility index (Phi) is 3.19. The lowest BCUT2D eigenvalue weighted by Crippen LogP contribution is -2.09. The van der Waals surface area contributed by atoms with Crippen LogP contribution in [0, 0.1) is 13.8 Å². The van der Waals surface area contributed by atoms with Gasteiger partial charge in [-0.2, -0.15) is 24.7 Å². The number of rotatable bonds is 3. The van der Waals surface area contributed by atoms with Crippen LogP contribution in [0.2, 0.25) is 0 Å². The minimum atomic E-state index is 0.113. The van der Waals surface area contributed by atoms with E-state index in [4.69, 9.17) is 5.73 Å². The largest absolute Gasteiger partial charge is 0.368 e. The fourth-order valence-electron chi connectivity index (χ4n) is 2.03. The van der Waals surface area contributed by atoms with E-state index in [0.29, 0.717) is 11.9 Å². The van der Waals surface area contributed by atoms with Gasteiger partial charge >= 0.3 is 0 Å². The van der Waals surface area contributed by atoms with Crippen LogP contribution < -0.4 is 11.1 Å². The summed E-state index contributed by atoms with van der Waals surface area (Å²) in [4.78, 5) is 16.2. The maximum absolute atomic E-state index is 5.72. The number of hydrogen-bond acceptors (Lipinski definition) is 7. The standard InChI is InChI=1S/C13H14N8/c1-8-3-9(2)5-10(4-8)17-12-18-11(14)19-13(20-12)21-7-15-6-16-21/h3-7H,1-2H3,(H3,14,17,18,19,20). The average Bonchev–Trinajstić information content (AvgIpc) is 2.90. The van der Waals surface area contributed by atoms with Gasteiger partial charge in [0.05, 0.1) is 0 Å². The van der Waals surface area contributed by atoms with Crippen molar-refractivity contribution in [3.63, 3.8) is 0 Å². The van der Waals surface area contributed by atoms with Crippen molar-refractivity contribution in [3.8, 4) is 5.95 Å². The molecule has 0 atom stereocenters. The Morgan fingerprint density at radius 1 is 1.05 bits per heavy atom. The number of anilines is 3. The summed E-state index contributed by atoms with van der Waals surface area (Å²) < 4.78 is 1.42. The summed E-state index contributed by atoms with van der Waals surface area (Å²) in [6.07, 6.45) is 2.90. The van der Waals surface area contributed by atoms with Gasteiger partial charge in [-0.15, -0.1) is 0 Å². The number of aromatic nitrogens is 6. The van der Waals surface area contributed by atoms with Gasteiger partial charge in [0.1, 0.15) is 12.7 Å². The van der Waals surface area contributed by atoms with Crippen molar-refractivity contribution in [2.45, 2.75) is 13.8 Å². The number of aryl methyl sites for hydroxylation is 2. The van der Waals surface area contributed by atoms with Crippen molar-refractivity contribution < 1.29 is 0 Å². The Bertz CT molecular complexity index is 746. The van der Waals surface area contributed by atoms with Crippen molar-refractivity contribution >= 4 is 17.6 Å². The second-order valence-corrected chi connectivity index (χ2v) is 4.66. The molecule has 21 heavy (non-hydrogen) atoms. The quantitative estimate of drug-likeness (QED) is 0.747. The molecular weight excluding hydrogens is 268 g/mol. The molecule has 0 saturated heterocycles. The first-order valence-corrected chi connectivity index (χ1v) is 6.32. The third-order valence-corrected chi connectivity index (χ3v) is 2.74. The number of nitrogens with zero attached hydrogens (tertiary/aromatic N) is 6. The highest BCUT2D eigenvalue weighted by Crippen LogP contribution is 2.18. The van der Waals surface area contributed by atoms with Crippen LogP contribution in [0.25, 0.3) is 5.95 Å². The van der Waals surface area contributed by atoms with Crippen LogP contribution in [0.3, 0.4) is 0 Å². The smallest absolute Gasteiger partial charge is 0.258 e. The van der Waals surface area contributed by atoms with Gasteiger partial charge in [-0.25, -0.2) is 4.98 Å². The van der Waals surface area contributed by atoms with E-state index in [1.54, 1.807) is 0 Å². The van der Waals surface area contributed by atoms with Gasteiger partial charge in [-0.1, -0.05) is 6.07 Å². The van der Waals surface area contributed by atoms with Crippen LogP contribution in [0.1, 0.15) is 11.1 Å². The van der Waals surface area contributed by atoms with E-state index in [0.717, 1.165) is 16.8 Å². The monoisotopic (exact) mass is 282 g/mol. The van der Waals surface area contributed by atoms with Gasteiger partial charge in [0.25, 0.3) is 5.95 Å². The lowest BCUT2D eigenvalue weighted by molar-refractivity contribution is 0.800. The third-order valence-electron chi connectivity index (χ3n) is 2.74. The maximum atomic E-state index is 5.72. The summed E-state index contributed by atoms with van der Waals surface area (Å²) in [7, 11) is 0. The highest BCUT2D eigenvalue weighted by Gasteiger charge is 2.07. The number of benzene rings is 1. The van der Waals surface area contributed by atoms with Gasteiger partial charge in [0.2, 0.25) is 11.9 Å². The number of hydrogen-bond donors (Lipinski definition) is 2. The van der Waals surface area contributed by atoms with Gasteiger partial charge < -0.3 is 11.1 Å². The van der Waals surface area contributed by atoms with Crippen LogP contribution in [0.15, 0.2) is 30.9 Å². The second kappa shape index (κ2) is 5.16. The molecule has 0 aliphatic carbocycles. The molecule has 2 aromatic heterocycles. The minimum absolute atomic E-state index is 0.113. The van der Waals surface area contributed by atoms with Crippen LogP contribution >= 0.6 is 0 Å². The zero-order chi connectivity index (χ0) is 14.8. The molecule has 2 heterocycles. The van der Waals surface area contributed by atoms with Crippen molar-refractivity contribution in [1.82, 2.24) is 29.7 Å². The van der Waals surface area contributed by atoms with E-state index in [1.165, 1.54) is 17.3 Å². The Hall–Kier alpha value is -3.03. The van der Waals surface area contributed by atoms with E-state index in [-0.39, 0.29) is 5.95 Å². The molecular formula is C13H14N8. The summed E-state index contributed by atoms with van der Waals surface area (Å²) >= 11 is 0. The Labute approximate surface area is 121 Å². The van der Waals surface area contributed by atoms with Crippen molar-refractivity contribution in [2.75, 3.05) is 11.1 Å². The predicted octanol–water partition coefficient (Wildman–Crippen LogP) is 1.39. The topological polar surface area (TPSA) is 107 Å². The van der Waals surface area contributed by atoms with E-state index in [9.17, 15) is 0 Å². The van der Waals surface area contributed by atoms with Crippen LogP contribution in [-0.2, 0) is 0 Å². The molecule has 8 heteroatoms. The number of nitrogen functional groups attached to an aromatic ring is 1. The molecule has 3 rings (SSSR count). The highest BCUT2D eigenvalue weighted by molar-refractivity contribution is 5.56. The first kappa shape index (κ1) is 13.0. The second-order valence-electron chi connectivity index (χ2n) is 4.66. The molecule has 106 valence electrons. The Morgan fingerprint density at radius 3 is 2.48 bits per heavy atom. The van der Waals surface area contributed by atoms with Gasteiger partial charge in [0, 0.05) is 5.69 Å². The van der Waals surface area contributed by atoms with Gasteiger partial charge in [0.15, 0.2) is 0 Å². The zero-order valence-electron chi connectivity index (χ0n) is 11.6. The summed E-state index contributed by atoms with van der Waals surface area (Å²) in [6, 6.07) is 6.10. The van der Waals surface area contributed by atoms with Gasteiger partial charge in [-0.05, 0) is 37.1 Å². The van der Waals surface area contributed by atoms with Crippen molar-refractivity contribution in [1.29, 1.82) is 0 Å². The molecule has 0 aliphatic heterocycles. The van der Waals surface area contributed by atoms with Crippen molar-refractivity contribution in [3.05, 3.63) is 42.0 Å². The van der Waals surface area contributed by atoms with Crippen LogP contribution in [0.4, 0.5) is 17.6 Å². The lowest BCUT2D eigenvalue weighted by atomic mass is 10.1. The van der Waals surface area contributed by atoms with Crippen molar-refractivity contribution in [2.24, 2.45) is 0 Å². The Morgan fingerprint density at radius 2 is 1.81 bits per heavy atom. The fourth-order valence-corrected chi connectivity index (χ4v) is 2.03. The molecule has 0 saturated carbocycles. The molecule has 0 amide bonds. The molecule has 0 radical (unpaired) electrons. The fraction of sp³-hybridized carbons (Fsp3) is 0.154.